The molecule has 0 atom stereocenters. The lowest BCUT2D eigenvalue weighted by Crippen LogP contribution is -2.46. The maximum atomic E-state index is 12.1. The van der Waals surface area contributed by atoms with Crippen molar-refractivity contribution in [2.45, 2.75) is 19.9 Å². The zero-order valence-electron chi connectivity index (χ0n) is 16.9. The SMILES string of the molecule is CCc1cc2ncc(CN3CCN(c4ccc(C(=O)NN)nc4)CC3)cc2[nH]c1=O. The third-order valence-electron chi connectivity index (χ3n) is 5.46. The Hall–Kier alpha value is -3.30. The zero-order valence-corrected chi connectivity index (χ0v) is 16.9. The number of pyridine rings is 3. The van der Waals surface area contributed by atoms with Gasteiger partial charge in [0.25, 0.3) is 11.5 Å². The number of aromatic amines is 1. The fraction of sp³-hybridized carbons (Fsp3) is 0.333. The first-order valence-electron chi connectivity index (χ1n) is 10.0. The average molecular weight is 407 g/mol. The molecule has 0 spiro atoms. The quantitative estimate of drug-likeness (QED) is 0.325. The summed E-state index contributed by atoms with van der Waals surface area (Å²) in [5.74, 6) is 4.74. The molecule has 9 nitrogen and oxygen atoms in total. The van der Waals surface area contributed by atoms with E-state index in [0.29, 0.717) is 12.1 Å². The maximum Gasteiger partial charge on any atom is 0.283 e. The van der Waals surface area contributed by atoms with Crippen LogP contribution in [0.15, 0.2) is 41.5 Å². The van der Waals surface area contributed by atoms with Gasteiger partial charge in [0.05, 0.1) is 22.9 Å². The molecule has 1 fully saturated rings. The third kappa shape index (κ3) is 4.17. The van der Waals surface area contributed by atoms with Crippen molar-refractivity contribution in [1.29, 1.82) is 0 Å². The Kier molecular flexibility index (Phi) is 5.73. The summed E-state index contributed by atoms with van der Waals surface area (Å²) in [4.78, 5) is 39.8. The standard InChI is InChI=1S/C21H25N7O2/c1-2-15-10-18-19(25-20(15)29)9-14(11-23-18)13-27-5-7-28(8-6-27)16-3-4-17(24-12-16)21(30)26-22/h3-4,9-12H,2,5-8,13,22H2,1H3,(H,25,29)(H,26,30). The van der Waals surface area contributed by atoms with Gasteiger partial charge < -0.3 is 9.88 Å². The van der Waals surface area contributed by atoms with Gasteiger partial charge in [0.15, 0.2) is 0 Å². The molecular weight excluding hydrogens is 382 g/mol. The van der Waals surface area contributed by atoms with E-state index in [0.717, 1.165) is 60.6 Å². The Labute approximate surface area is 173 Å². The highest BCUT2D eigenvalue weighted by Crippen LogP contribution is 2.18. The van der Waals surface area contributed by atoms with E-state index in [4.69, 9.17) is 5.84 Å². The lowest BCUT2D eigenvalue weighted by atomic mass is 10.1. The molecule has 0 radical (unpaired) electrons. The molecule has 9 heteroatoms. The van der Waals surface area contributed by atoms with Crippen molar-refractivity contribution in [3.05, 3.63) is 63.8 Å². The van der Waals surface area contributed by atoms with Crippen LogP contribution in [0.2, 0.25) is 0 Å². The van der Waals surface area contributed by atoms with Gasteiger partial charge in [-0.05, 0) is 36.2 Å². The minimum Gasteiger partial charge on any atom is -0.368 e. The largest absolute Gasteiger partial charge is 0.368 e. The number of nitrogens with zero attached hydrogens (tertiary/aromatic N) is 4. The number of nitrogen functional groups attached to an aromatic ring is 1. The summed E-state index contributed by atoms with van der Waals surface area (Å²) in [5, 5.41) is 0. The molecule has 0 aromatic carbocycles. The predicted octanol–water partition coefficient (Wildman–Crippen LogP) is 0.806. The van der Waals surface area contributed by atoms with Gasteiger partial charge >= 0.3 is 0 Å². The Bertz CT molecular complexity index is 1100. The molecule has 0 aliphatic carbocycles. The van der Waals surface area contributed by atoms with Gasteiger partial charge in [-0.2, -0.15) is 0 Å². The number of nitrogens with one attached hydrogen (secondary N) is 2. The van der Waals surface area contributed by atoms with Crippen molar-refractivity contribution < 1.29 is 4.79 Å². The van der Waals surface area contributed by atoms with Crippen LogP contribution < -0.4 is 21.7 Å². The molecule has 0 unspecified atom stereocenters. The summed E-state index contributed by atoms with van der Waals surface area (Å²) in [6.45, 7) is 6.26. The molecule has 3 aromatic heterocycles. The van der Waals surface area contributed by atoms with E-state index in [-0.39, 0.29) is 5.56 Å². The summed E-state index contributed by atoms with van der Waals surface area (Å²) < 4.78 is 0. The third-order valence-corrected chi connectivity index (χ3v) is 5.46. The highest BCUT2D eigenvalue weighted by molar-refractivity contribution is 5.91. The number of hydrazine groups is 1. The first-order chi connectivity index (χ1) is 14.6. The number of carbonyl (C=O) groups is 1. The van der Waals surface area contributed by atoms with Gasteiger partial charge in [-0.3, -0.25) is 24.9 Å². The molecular formula is C21H25N7O2. The highest BCUT2D eigenvalue weighted by atomic mass is 16.2. The van der Waals surface area contributed by atoms with Crippen LogP contribution in [0.3, 0.4) is 0 Å². The van der Waals surface area contributed by atoms with Gasteiger partial charge in [-0.15, -0.1) is 0 Å². The number of fused-ring (bicyclic) bond motifs is 1. The van der Waals surface area contributed by atoms with Crippen molar-refractivity contribution >= 4 is 22.6 Å². The number of aryl methyl sites for hydroxylation is 1. The minimum absolute atomic E-state index is 0.0406. The molecule has 0 saturated carbocycles. The second-order valence-electron chi connectivity index (χ2n) is 7.39. The molecule has 0 bridgehead atoms. The van der Waals surface area contributed by atoms with Crippen molar-refractivity contribution in [3.8, 4) is 0 Å². The molecule has 156 valence electrons. The second kappa shape index (κ2) is 8.60. The van der Waals surface area contributed by atoms with Crippen molar-refractivity contribution in [2.75, 3.05) is 31.1 Å². The summed E-state index contributed by atoms with van der Waals surface area (Å²) in [6, 6.07) is 7.45. The van der Waals surface area contributed by atoms with Crippen LogP contribution >= 0.6 is 0 Å². The molecule has 1 aliphatic heterocycles. The predicted molar refractivity (Wildman–Crippen MR) is 115 cm³/mol. The number of H-pyrrole nitrogens is 1. The number of piperazine rings is 1. The highest BCUT2D eigenvalue weighted by Gasteiger charge is 2.18. The first-order valence-corrected chi connectivity index (χ1v) is 10.0. The number of nitrogens with two attached hydrogens (primary N) is 1. The normalized spacial score (nSPS) is 14.8. The fourth-order valence-corrected chi connectivity index (χ4v) is 3.72. The zero-order chi connectivity index (χ0) is 21.1. The fourth-order valence-electron chi connectivity index (χ4n) is 3.72. The van der Waals surface area contributed by atoms with Gasteiger partial charge in [0.2, 0.25) is 0 Å². The van der Waals surface area contributed by atoms with E-state index in [1.165, 1.54) is 0 Å². The van der Waals surface area contributed by atoms with Gasteiger partial charge in [-0.1, -0.05) is 6.92 Å². The van der Waals surface area contributed by atoms with Crippen LogP contribution in [0.25, 0.3) is 11.0 Å². The molecule has 4 heterocycles. The van der Waals surface area contributed by atoms with E-state index >= 15 is 0 Å². The van der Waals surface area contributed by atoms with Crippen LogP contribution in [0.1, 0.15) is 28.5 Å². The Morgan fingerprint density at radius 3 is 2.63 bits per heavy atom. The lowest BCUT2D eigenvalue weighted by molar-refractivity contribution is 0.0948. The average Bonchev–Trinajstić information content (AvgIpc) is 2.78. The number of hydrogen-bond donors (Lipinski definition) is 3. The van der Waals surface area contributed by atoms with E-state index in [2.05, 4.69) is 30.2 Å². The maximum absolute atomic E-state index is 12.1. The summed E-state index contributed by atoms with van der Waals surface area (Å²) >= 11 is 0. The van der Waals surface area contributed by atoms with Crippen LogP contribution in [0.5, 0.6) is 0 Å². The first kappa shape index (κ1) is 20.0. The van der Waals surface area contributed by atoms with Crippen LogP contribution in [0, 0.1) is 0 Å². The number of aromatic nitrogens is 3. The van der Waals surface area contributed by atoms with Gasteiger partial charge in [0.1, 0.15) is 5.69 Å². The van der Waals surface area contributed by atoms with Crippen LogP contribution in [-0.2, 0) is 13.0 Å². The number of rotatable bonds is 5. The number of carbonyl (C=O) groups excluding carboxylic acids is 1. The topological polar surface area (TPSA) is 120 Å². The van der Waals surface area contributed by atoms with E-state index in [1.807, 2.05) is 31.3 Å². The van der Waals surface area contributed by atoms with E-state index in [1.54, 1.807) is 12.3 Å². The Morgan fingerprint density at radius 2 is 1.97 bits per heavy atom. The molecule has 4 N–H and O–H groups in total. The smallest absolute Gasteiger partial charge is 0.283 e. The monoisotopic (exact) mass is 407 g/mol. The van der Waals surface area contributed by atoms with E-state index < -0.39 is 5.91 Å². The molecule has 30 heavy (non-hydrogen) atoms. The molecule has 1 saturated heterocycles. The van der Waals surface area contributed by atoms with Crippen LogP contribution in [-0.4, -0.2) is 51.9 Å². The van der Waals surface area contributed by atoms with Crippen molar-refractivity contribution in [1.82, 2.24) is 25.3 Å². The van der Waals surface area contributed by atoms with Crippen molar-refractivity contribution in [2.24, 2.45) is 5.84 Å². The summed E-state index contributed by atoms with van der Waals surface area (Å²) in [6.07, 6.45) is 4.28. The number of amides is 1. The summed E-state index contributed by atoms with van der Waals surface area (Å²) in [7, 11) is 0. The Balaban J connectivity index is 1.38. The summed E-state index contributed by atoms with van der Waals surface area (Å²) in [5.41, 5.74) is 6.76. The second-order valence-corrected chi connectivity index (χ2v) is 7.39. The van der Waals surface area contributed by atoms with E-state index in [9.17, 15) is 9.59 Å². The van der Waals surface area contributed by atoms with Crippen LogP contribution in [0.4, 0.5) is 5.69 Å². The molecule has 1 amide bonds. The molecule has 3 aromatic rings. The lowest BCUT2D eigenvalue weighted by Gasteiger charge is -2.36. The molecule has 1 aliphatic rings. The van der Waals surface area contributed by atoms with Gasteiger partial charge in [-0.25, -0.2) is 10.8 Å². The Morgan fingerprint density at radius 1 is 1.17 bits per heavy atom. The minimum atomic E-state index is -0.400. The molecule has 4 rings (SSSR count). The van der Waals surface area contributed by atoms with Crippen molar-refractivity contribution in [3.63, 3.8) is 0 Å². The number of anilines is 1. The van der Waals surface area contributed by atoms with Gasteiger partial charge in [0, 0.05) is 44.5 Å². The number of hydrogen-bond acceptors (Lipinski definition) is 7.